The number of carbonyl (C=O) groups is 1. The van der Waals surface area contributed by atoms with Gasteiger partial charge in [0.25, 0.3) is 5.91 Å². The summed E-state index contributed by atoms with van der Waals surface area (Å²) in [5.41, 5.74) is 2.66. The van der Waals surface area contributed by atoms with E-state index in [0.29, 0.717) is 53.3 Å². The monoisotopic (exact) mass is 401 g/mol. The Morgan fingerprint density at radius 2 is 1.78 bits per heavy atom. The summed E-state index contributed by atoms with van der Waals surface area (Å²) in [6.07, 6.45) is 1.71. The van der Waals surface area contributed by atoms with E-state index in [-0.39, 0.29) is 5.91 Å². The van der Waals surface area contributed by atoms with Gasteiger partial charge < -0.3 is 14.6 Å². The molecule has 0 radical (unpaired) electrons. The first-order valence-electron chi connectivity index (χ1n) is 8.61. The molecule has 1 fully saturated rings. The van der Waals surface area contributed by atoms with Gasteiger partial charge in [-0.05, 0) is 30.3 Å². The summed E-state index contributed by atoms with van der Waals surface area (Å²) in [6.45, 7) is 2.11. The minimum atomic E-state index is -0.131. The van der Waals surface area contributed by atoms with Crippen molar-refractivity contribution >= 4 is 51.8 Å². The predicted molar refractivity (Wildman–Crippen MR) is 108 cm³/mol. The van der Waals surface area contributed by atoms with Gasteiger partial charge in [-0.15, -0.1) is 0 Å². The van der Waals surface area contributed by atoms with Crippen LogP contribution in [0.15, 0.2) is 42.5 Å². The average Bonchev–Trinajstić information content (AvgIpc) is 3.12. The summed E-state index contributed by atoms with van der Waals surface area (Å²) in [6, 6.07) is 12.9. The molecule has 1 N–H and O–H groups in total. The normalized spacial score (nSPS) is 15.3. The highest BCUT2D eigenvalue weighted by molar-refractivity contribution is 6.38. The number of ether oxygens (including phenoxy) is 1. The van der Waals surface area contributed by atoms with Crippen LogP contribution in [-0.2, 0) is 9.53 Å². The minimum absolute atomic E-state index is 0.131. The fourth-order valence-corrected chi connectivity index (χ4v) is 3.55. The molecule has 1 aliphatic heterocycles. The van der Waals surface area contributed by atoms with Gasteiger partial charge in [0.2, 0.25) is 0 Å². The van der Waals surface area contributed by atoms with Crippen molar-refractivity contribution in [3.05, 3.63) is 63.9 Å². The number of para-hydroxylation sites is 2. The Labute approximate surface area is 166 Å². The number of carbonyl (C=O) groups excluding carboxylic acids is 1. The molecule has 27 heavy (non-hydrogen) atoms. The van der Waals surface area contributed by atoms with Crippen molar-refractivity contribution in [3.8, 4) is 0 Å². The number of nitrogens with one attached hydrogen (secondary N) is 1. The fraction of sp³-hybridized carbons (Fsp3) is 0.200. The number of nitrogens with zero attached hydrogens (tertiary/aromatic N) is 2. The van der Waals surface area contributed by atoms with Crippen molar-refractivity contribution in [1.29, 1.82) is 0 Å². The summed E-state index contributed by atoms with van der Waals surface area (Å²) in [5.74, 6) is 0.358. The Kier molecular flexibility index (Phi) is 5.16. The van der Waals surface area contributed by atoms with Crippen LogP contribution < -0.4 is 0 Å². The van der Waals surface area contributed by atoms with E-state index >= 15 is 0 Å². The molecule has 138 valence electrons. The molecule has 4 rings (SSSR count). The Hall–Kier alpha value is -2.34. The molecule has 3 aromatic rings. The quantitative estimate of drug-likeness (QED) is 0.666. The van der Waals surface area contributed by atoms with Gasteiger partial charge in [-0.25, -0.2) is 4.98 Å². The van der Waals surface area contributed by atoms with Gasteiger partial charge in [0.15, 0.2) is 0 Å². The van der Waals surface area contributed by atoms with Crippen LogP contribution in [0.4, 0.5) is 0 Å². The number of rotatable bonds is 3. The summed E-state index contributed by atoms with van der Waals surface area (Å²) in [5, 5.41) is 0.955. The Morgan fingerprint density at radius 3 is 2.48 bits per heavy atom. The van der Waals surface area contributed by atoms with E-state index in [0.717, 1.165) is 11.0 Å². The lowest BCUT2D eigenvalue weighted by molar-refractivity contribution is -0.128. The number of halogens is 2. The van der Waals surface area contributed by atoms with Crippen LogP contribution >= 0.6 is 23.2 Å². The molecular formula is C20H17Cl2N3O2. The number of aromatic amines is 1. The van der Waals surface area contributed by atoms with Crippen molar-refractivity contribution in [1.82, 2.24) is 14.9 Å². The van der Waals surface area contributed by atoms with Gasteiger partial charge in [0.05, 0.1) is 29.8 Å². The maximum Gasteiger partial charge on any atom is 0.257 e. The van der Waals surface area contributed by atoms with Crippen molar-refractivity contribution in [2.24, 2.45) is 0 Å². The topological polar surface area (TPSA) is 58.2 Å². The Bertz CT molecular complexity index is 970. The second-order valence-electron chi connectivity index (χ2n) is 6.20. The highest BCUT2D eigenvalue weighted by atomic mass is 35.5. The zero-order valence-electron chi connectivity index (χ0n) is 14.4. The SMILES string of the molecule is O=C(C(=Cc1c(Cl)cccc1Cl)c1nc2ccccc2[nH]1)N1CCOCC1. The lowest BCUT2D eigenvalue weighted by Crippen LogP contribution is -2.41. The van der Waals surface area contributed by atoms with Gasteiger partial charge in [-0.1, -0.05) is 41.4 Å². The van der Waals surface area contributed by atoms with Gasteiger partial charge in [-0.3, -0.25) is 4.79 Å². The molecule has 1 saturated heterocycles. The van der Waals surface area contributed by atoms with Gasteiger partial charge in [-0.2, -0.15) is 0 Å². The highest BCUT2D eigenvalue weighted by Gasteiger charge is 2.24. The van der Waals surface area contributed by atoms with Crippen molar-refractivity contribution in [2.75, 3.05) is 26.3 Å². The molecular weight excluding hydrogens is 385 g/mol. The first-order valence-corrected chi connectivity index (χ1v) is 9.37. The first-order chi connectivity index (χ1) is 13.1. The van der Waals surface area contributed by atoms with Crippen LogP contribution in [0.5, 0.6) is 0 Å². The number of aromatic nitrogens is 2. The molecule has 1 aliphatic rings. The largest absolute Gasteiger partial charge is 0.378 e. The second-order valence-corrected chi connectivity index (χ2v) is 7.01. The number of imidazole rings is 1. The van der Waals surface area contributed by atoms with E-state index in [9.17, 15) is 4.79 Å². The number of H-pyrrole nitrogens is 1. The first kappa shape index (κ1) is 18.0. The molecule has 1 amide bonds. The molecule has 1 aromatic heterocycles. The maximum atomic E-state index is 13.3. The molecule has 0 spiro atoms. The fourth-order valence-electron chi connectivity index (χ4n) is 3.04. The van der Waals surface area contributed by atoms with Crippen molar-refractivity contribution in [3.63, 3.8) is 0 Å². The van der Waals surface area contributed by atoms with E-state index in [1.807, 2.05) is 24.3 Å². The number of amides is 1. The molecule has 2 aromatic carbocycles. The van der Waals surface area contributed by atoms with Crippen LogP contribution in [0, 0.1) is 0 Å². The van der Waals surface area contributed by atoms with E-state index in [4.69, 9.17) is 27.9 Å². The third-order valence-corrected chi connectivity index (χ3v) is 5.12. The van der Waals surface area contributed by atoms with Gasteiger partial charge >= 0.3 is 0 Å². The predicted octanol–water partition coefficient (Wildman–Crippen LogP) is 4.27. The lowest BCUT2D eigenvalue weighted by atomic mass is 10.1. The van der Waals surface area contributed by atoms with Crippen molar-refractivity contribution in [2.45, 2.75) is 0 Å². The third-order valence-electron chi connectivity index (χ3n) is 4.46. The summed E-state index contributed by atoms with van der Waals surface area (Å²) in [4.78, 5) is 22.8. The standard InChI is InChI=1S/C20H17Cl2N3O2/c21-15-4-3-5-16(22)13(15)12-14(20(26)25-8-10-27-11-9-25)19-23-17-6-1-2-7-18(17)24-19/h1-7,12H,8-11H2,(H,23,24). The highest BCUT2D eigenvalue weighted by Crippen LogP contribution is 2.30. The van der Waals surface area contributed by atoms with E-state index in [2.05, 4.69) is 9.97 Å². The van der Waals surface area contributed by atoms with Gasteiger partial charge in [0.1, 0.15) is 5.82 Å². The maximum absolute atomic E-state index is 13.3. The molecule has 0 aliphatic carbocycles. The van der Waals surface area contributed by atoms with Crippen LogP contribution in [-0.4, -0.2) is 47.1 Å². The van der Waals surface area contributed by atoms with Crippen LogP contribution in [0.3, 0.4) is 0 Å². The molecule has 2 heterocycles. The molecule has 5 nitrogen and oxygen atoms in total. The number of hydrogen-bond acceptors (Lipinski definition) is 3. The molecule has 0 unspecified atom stereocenters. The van der Waals surface area contributed by atoms with Crippen LogP contribution in [0.2, 0.25) is 10.0 Å². The molecule has 0 saturated carbocycles. The zero-order chi connectivity index (χ0) is 18.8. The Balaban J connectivity index is 1.84. The lowest BCUT2D eigenvalue weighted by Gasteiger charge is -2.27. The minimum Gasteiger partial charge on any atom is -0.378 e. The van der Waals surface area contributed by atoms with E-state index in [1.54, 1.807) is 29.2 Å². The average molecular weight is 402 g/mol. The number of fused-ring (bicyclic) bond motifs is 1. The number of morpholine rings is 1. The van der Waals surface area contributed by atoms with Crippen LogP contribution in [0.25, 0.3) is 22.7 Å². The smallest absolute Gasteiger partial charge is 0.257 e. The zero-order valence-corrected chi connectivity index (χ0v) is 15.9. The van der Waals surface area contributed by atoms with E-state index < -0.39 is 0 Å². The third kappa shape index (κ3) is 3.72. The molecule has 0 atom stereocenters. The van der Waals surface area contributed by atoms with Crippen LogP contribution in [0.1, 0.15) is 11.4 Å². The summed E-state index contributed by atoms with van der Waals surface area (Å²) < 4.78 is 5.36. The molecule has 0 bridgehead atoms. The summed E-state index contributed by atoms with van der Waals surface area (Å²) in [7, 11) is 0. The van der Waals surface area contributed by atoms with Crippen molar-refractivity contribution < 1.29 is 9.53 Å². The molecule has 7 heteroatoms. The number of hydrogen-bond donors (Lipinski definition) is 1. The summed E-state index contributed by atoms with van der Waals surface area (Å²) >= 11 is 12.7. The second kappa shape index (κ2) is 7.72. The number of benzene rings is 2. The van der Waals surface area contributed by atoms with E-state index in [1.165, 1.54) is 0 Å². The van der Waals surface area contributed by atoms with Gasteiger partial charge in [0, 0.05) is 28.7 Å². The Morgan fingerprint density at radius 1 is 1.07 bits per heavy atom.